The molecule has 1 aromatic rings. The molecule has 0 saturated carbocycles. The molecule has 1 aromatic carbocycles. The number of halogens is 2. The van der Waals surface area contributed by atoms with E-state index in [4.69, 9.17) is 32.7 Å². The molecule has 1 amide bonds. The number of hydrogen-bond acceptors (Lipinski definition) is 4. The van der Waals surface area contributed by atoms with E-state index >= 15 is 0 Å². The highest BCUT2D eigenvalue weighted by Crippen LogP contribution is 2.24. The van der Waals surface area contributed by atoms with Crippen LogP contribution in [0.2, 0.25) is 10.0 Å². The second-order valence-electron chi connectivity index (χ2n) is 4.61. The fourth-order valence-corrected chi connectivity index (χ4v) is 2.53. The Hall–Kier alpha value is -1.30. The summed E-state index contributed by atoms with van der Waals surface area (Å²) in [4.78, 5) is 23.5. The van der Waals surface area contributed by atoms with Gasteiger partial charge in [-0.15, -0.1) is 0 Å². The normalized spacial score (nSPS) is 17.5. The molecule has 1 heterocycles. The van der Waals surface area contributed by atoms with Crippen molar-refractivity contribution < 1.29 is 19.1 Å². The van der Waals surface area contributed by atoms with Gasteiger partial charge in [-0.3, -0.25) is 4.79 Å². The van der Waals surface area contributed by atoms with Crippen LogP contribution in [0.5, 0.6) is 0 Å². The average Bonchev–Trinajstić information content (AvgIpc) is 2.96. The van der Waals surface area contributed by atoms with Gasteiger partial charge >= 0.3 is 5.97 Å². The molecule has 1 fully saturated rings. The average molecular weight is 332 g/mol. The predicted molar refractivity (Wildman–Crippen MR) is 78.7 cm³/mol. The van der Waals surface area contributed by atoms with Crippen molar-refractivity contribution in [2.45, 2.75) is 18.9 Å². The molecule has 1 atom stereocenters. The first-order chi connectivity index (χ1) is 10.1. The molecule has 0 unspecified atom stereocenters. The molecule has 0 aromatic heterocycles. The lowest BCUT2D eigenvalue weighted by Gasteiger charge is -2.11. The zero-order valence-corrected chi connectivity index (χ0v) is 12.7. The van der Waals surface area contributed by atoms with Crippen LogP contribution in [0.1, 0.15) is 23.2 Å². The van der Waals surface area contributed by atoms with Crippen molar-refractivity contribution in [3.05, 3.63) is 33.8 Å². The zero-order valence-electron chi connectivity index (χ0n) is 11.2. The summed E-state index contributed by atoms with van der Waals surface area (Å²) in [6.07, 6.45) is 1.97. The molecule has 1 saturated heterocycles. The van der Waals surface area contributed by atoms with Crippen LogP contribution < -0.4 is 5.32 Å². The van der Waals surface area contributed by atoms with E-state index in [0.29, 0.717) is 6.54 Å². The third kappa shape index (κ3) is 4.59. The minimum atomic E-state index is -0.724. The Morgan fingerprint density at radius 3 is 2.67 bits per heavy atom. The minimum absolute atomic E-state index is 0.0441. The number of carbonyl (C=O) groups excluding carboxylic acids is 2. The lowest BCUT2D eigenvalue weighted by atomic mass is 10.2. The molecule has 114 valence electrons. The molecule has 1 aliphatic rings. The molecule has 0 radical (unpaired) electrons. The van der Waals surface area contributed by atoms with Gasteiger partial charge in [-0.25, -0.2) is 4.79 Å². The van der Waals surface area contributed by atoms with Gasteiger partial charge in [-0.05, 0) is 25.0 Å². The Labute approximate surface area is 132 Å². The maximum atomic E-state index is 11.9. The molecule has 5 nitrogen and oxygen atoms in total. The molecule has 21 heavy (non-hydrogen) atoms. The molecule has 0 bridgehead atoms. The van der Waals surface area contributed by atoms with Gasteiger partial charge in [0.25, 0.3) is 5.91 Å². The van der Waals surface area contributed by atoms with Gasteiger partial charge in [-0.2, -0.15) is 0 Å². The Morgan fingerprint density at radius 1 is 1.33 bits per heavy atom. The molecule has 1 aliphatic heterocycles. The van der Waals surface area contributed by atoms with Crippen LogP contribution >= 0.6 is 23.2 Å². The maximum Gasteiger partial charge on any atom is 0.341 e. The molecule has 7 heteroatoms. The van der Waals surface area contributed by atoms with E-state index in [-0.39, 0.29) is 34.2 Å². The first-order valence-corrected chi connectivity index (χ1v) is 7.33. The van der Waals surface area contributed by atoms with E-state index in [1.54, 1.807) is 6.07 Å². The highest BCUT2D eigenvalue weighted by atomic mass is 35.5. The first-order valence-electron chi connectivity index (χ1n) is 6.57. The topological polar surface area (TPSA) is 64.6 Å². The fraction of sp³-hybridized carbons (Fsp3) is 0.429. The first kappa shape index (κ1) is 16.1. The van der Waals surface area contributed by atoms with Crippen molar-refractivity contribution in [1.29, 1.82) is 0 Å². The molecule has 0 spiro atoms. The van der Waals surface area contributed by atoms with Crippen molar-refractivity contribution in [3.8, 4) is 0 Å². The number of ether oxygens (including phenoxy) is 2. The van der Waals surface area contributed by atoms with Crippen LogP contribution in [0.15, 0.2) is 18.2 Å². The summed E-state index contributed by atoms with van der Waals surface area (Å²) in [6.45, 7) is 0.761. The highest BCUT2D eigenvalue weighted by Gasteiger charge is 2.19. The SMILES string of the molecule is O=C(COC(=O)c1c(Cl)cccc1Cl)NC[C@@H]1CCCO1. The van der Waals surface area contributed by atoms with E-state index < -0.39 is 5.97 Å². The number of hydrogen-bond donors (Lipinski definition) is 1. The largest absolute Gasteiger partial charge is 0.452 e. The van der Waals surface area contributed by atoms with E-state index in [1.165, 1.54) is 12.1 Å². The summed E-state index contributed by atoms with van der Waals surface area (Å²) >= 11 is 11.8. The molecular weight excluding hydrogens is 317 g/mol. The van der Waals surface area contributed by atoms with Gasteiger partial charge in [0.15, 0.2) is 6.61 Å². The van der Waals surface area contributed by atoms with Crippen molar-refractivity contribution >= 4 is 35.1 Å². The Kier molecular flexibility index (Phi) is 5.85. The lowest BCUT2D eigenvalue weighted by molar-refractivity contribution is -0.124. The summed E-state index contributed by atoms with van der Waals surface area (Å²) < 4.78 is 10.3. The van der Waals surface area contributed by atoms with Crippen LogP contribution in [-0.4, -0.2) is 37.7 Å². The Balaban J connectivity index is 1.79. The van der Waals surface area contributed by atoms with Crippen molar-refractivity contribution in [1.82, 2.24) is 5.32 Å². The van der Waals surface area contributed by atoms with E-state index in [1.807, 2.05) is 0 Å². The number of benzene rings is 1. The van der Waals surface area contributed by atoms with Gasteiger partial charge in [-0.1, -0.05) is 29.3 Å². The quantitative estimate of drug-likeness (QED) is 0.841. The summed E-state index contributed by atoms with van der Waals surface area (Å²) in [5.74, 6) is -1.11. The summed E-state index contributed by atoms with van der Waals surface area (Å²) in [6, 6.07) is 4.68. The van der Waals surface area contributed by atoms with Crippen molar-refractivity contribution in [3.63, 3.8) is 0 Å². The second-order valence-corrected chi connectivity index (χ2v) is 5.43. The smallest absolute Gasteiger partial charge is 0.341 e. The van der Waals surface area contributed by atoms with Crippen LogP contribution in [0.3, 0.4) is 0 Å². The predicted octanol–water partition coefficient (Wildman–Crippen LogP) is 2.45. The second kappa shape index (κ2) is 7.64. The minimum Gasteiger partial charge on any atom is -0.452 e. The Bertz CT molecular complexity index is 509. The monoisotopic (exact) mass is 331 g/mol. The van der Waals surface area contributed by atoms with Gasteiger partial charge < -0.3 is 14.8 Å². The number of amides is 1. The van der Waals surface area contributed by atoms with Gasteiger partial charge in [0, 0.05) is 13.2 Å². The van der Waals surface area contributed by atoms with Crippen LogP contribution in [-0.2, 0) is 14.3 Å². The number of carbonyl (C=O) groups is 2. The molecule has 0 aliphatic carbocycles. The van der Waals surface area contributed by atoms with E-state index in [2.05, 4.69) is 5.32 Å². The van der Waals surface area contributed by atoms with Crippen molar-refractivity contribution in [2.75, 3.05) is 19.8 Å². The molecular formula is C14H15Cl2NO4. The highest BCUT2D eigenvalue weighted by molar-refractivity contribution is 6.39. The van der Waals surface area contributed by atoms with Crippen LogP contribution in [0, 0.1) is 0 Å². The number of rotatable bonds is 5. The maximum absolute atomic E-state index is 11.9. The summed E-state index contributed by atoms with van der Waals surface area (Å²) in [7, 11) is 0. The lowest BCUT2D eigenvalue weighted by Crippen LogP contribution is -2.34. The van der Waals surface area contributed by atoms with Crippen LogP contribution in [0.4, 0.5) is 0 Å². The van der Waals surface area contributed by atoms with Gasteiger partial charge in [0.05, 0.1) is 21.7 Å². The zero-order chi connectivity index (χ0) is 15.2. The van der Waals surface area contributed by atoms with Crippen molar-refractivity contribution in [2.24, 2.45) is 0 Å². The standard InChI is InChI=1S/C14H15Cl2NO4/c15-10-4-1-5-11(16)13(10)14(19)21-8-12(18)17-7-9-3-2-6-20-9/h1,4-5,9H,2-3,6-8H2,(H,17,18)/t9-/m0/s1. The Morgan fingerprint density at radius 2 is 2.05 bits per heavy atom. The summed E-state index contributed by atoms with van der Waals surface area (Å²) in [5, 5.41) is 3.03. The number of nitrogens with one attached hydrogen (secondary N) is 1. The van der Waals surface area contributed by atoms with E-state index in [0.717, 1.165) is 19.4 Å². The number of esters is 1. The third-order valence-corrected chi connectivity index (χ3v) is 3.68. The molecule has 2 rings (SSSR count). The fourth-order valence-electron chi connectivity index (χ4n) is 1.98. The van der Waals surface area contributed by atoms with Gasteiger partial charge in [0.1, 0.15) is 0 Å². The third-order valence-electron chi connectivity index (χ3n) is 3.05. The molecule has 1 N–H and O–H groups in total. The van der Waals surface area contributed by atoms with Gasteiger partial charge in [0.2, 0.25) is 0 Å². The van der Waals surface area contributed by atoms with E-state index in [9.17, 15) is 9.59 Å². The van der Waals surface area contributed by atoms with Crippen LogP contribution in [0.25, 0.3) is 0 Å². The summed E-state index contributed by atoms with van der Waals surface area (Å²) in [5.41, 5.74) is 0.0627.